The third-order valence-corrected chi connectivity index (χ3v) is 2.84. The molecule has 0 spiro atoms. The summed E-state index contributed by atoms with van der Waals surface area (Å²) in [5, 5.41) is 11.7. The van der Waals surface area contributed by atoms with Crippen molar-refractivity contribution in [3.8, 4) is 0 Å². The Hall–Kier alpha value is -1.63. The van der Waals surface area contributed by atoms with E-state index in [-0.39, 0.29) is 18.0 Å². The van der Waals surface area contributed by atoms with Crippen LogP contribution in [0, 0.1) is 11.7 Å². The van der Waals surface area contributed by atoms with Crippen molar-refractivity contribution in [3.63, 3.8) is 0 Å². The van der Waals surface area contributed by atoms with Crippen molar-refractivity contribution in [1.29, 1.82) is 0 Å². The van der Waals surface area contributed by atoms with E-state index in [1.807, 2.05) is 13.8 Å². The predicted molar refractivity (Wildman–Crippen MR) is 69.1 cm³/mol. The van der Waals surface area contributed by atoms with Gasteiger partial charge in [0.25, 0.3) is 0 Å². The minimum Gasteiger partial charge on any atom is -0.480 e. The summed E-state index contributed by atoms with van der Waals surface area (Å²) >= 11 is 0. The zero-order chi connectivity index (χ0) is 16.2. The monoisotopic (exact) mass is 307 g/mol. The first-order valence-electron chi connectivity index (χ1n) is 6.42. The zero-order valence-electron chi connectivity index (χ0n) is 11.7. The number of halogens is 4. The van der Waals surface area contributed by atoms with Gasteiger partial charge in [-0.05, 0) is 36.1 Å². The standard InChI is InChI=1S/C14H17F4NO2/c1-8(2)3-12(13(20)21)19-7-9-4-10(14(16,17)18)6-11(15)5-9/h4-6,8,12,19H,3,7H2,1-2H3,(H,20,21). The Bertz CT molecular complexity index is 500. The topological polar surface area (TPSA) is 49.3 Å². The van der Waals surface area contributed by atoms with Gasteiger partial charge in [-0.3, -0.25) is 4.79 Å². The molecule has 0 radical (unpaired) electrons. The molecule has 0 aliphatic rings. The molecule has 1 aromatic rings. The molecule has 118 valence electrons. The highest BCUT2D eigenvalue weighted by atomic mass is 19.4. The highest BCUT2D eigenvalue weighted by Gasteiger charge is 2.31. The fourth-order valence-corrected chi connectivity index (χ4v) is 1.90. The summed E-state index contributed by atoms with van der Waals surface area (Å²) in [7, 11) is 0. The number of benzene rings is 1. The van der Waals surface area contributed by atoms with E-state index in [4.69, 9.17) is 5.11 Å². The molecule has 0 saturated heterocycles. The van der Waals surface area contributed by atoms with E-state index in [0.717, 1.165) is 12.1 Å². The second-order valence-electron chi connectivity index (χ2n) is 5.25. The van der Waals surface area contributed by atoms with Crippen molar-refractivity contribution < 1.29 is 27.5 Å². The van der Waals surface area contributed by atoms with E-state index in [1.165, 1.54) is 0 Å². The molecule has 0 aliphatic carbocycles. The van der Waals surface area contributed by atoms with Crippen molar-refractivity contribution >= 4 is 5.97 Å². The second-order valence-corrected chi connectivity index (χ2v) is 5.25. The average molecular weight is 307 g/mol. The van der Waals surface area contributed by atoms with Crippen molar-refractivity contribution in [2.45, 2.75) is 39.0 Å². The van der Waals surface area contributed by atoms with Gasteiger partial charge in [-0.25, -0.2) is 4.39 Å². The Labute approximate surface area is 120 Å². The molecule has 0 aliphatic heterocycles. The molecule has 1 unspecified atom stereocenters. The summed E-state index contributed by atoms with van der Waals surface area (Å²) in [6.45, 7) is 3.52. The molecule has 7 heteroatoms. The van der Waals surface area contributed by atoms with Crippen LogP contribution in [-0.4, -0.2) is 17.1 Å². The number of carbonyl (C=O) groups is 1. The highest BCUT2D eigenvalue weighted by Crippen LogP contribution is 2.30. The SMILES string of the molecule is CC(C)CC(NCc1cc(F)cc(C(F)(F)F)c1)C(=O)O. The fourth-order valence-electron chi connectivity index (χ4n) is 1.90. The second kappa shape index (κ2) is 6.89. The molecule has 0 heterocycles. The molecule has 0 aromatic heterocycles. The summed E-state index contributed by atoms with van der Waals surface area (Å²) in [6, 6.07) is 1.29. The van der Waals surface area contributed by atoms with Gasteiger partial charge in [-0.2, -0.15) is 13.2 Å². The van der Waals surface area contributed by atoms with Gasteiger partial charge < -0.3 is 10.4 Å². The van der Waals surface area contributed by atoms with Crippen LogP contribution in [0.25, 0.3) is 0 Å². The maximum atomic E-state index is 13.2. The van der Waals surface area contributed by atoms with Crippen LogP contribution >= 0.6 is 0 Å². The normalized spacial score (nSPS) is 13.5. The van der Waals surface area contributed by atoms with E-state index in [0.29, 0.717) is 12.5 Å². The van der Waals surface area contributed by atoms with E-state index in [9.17, 15) is 22.4 Å². The number of rotatable bonds is 6. The van der Waals surface area contributed by atoms with Crippen LogP contribution in [0.1, 0.15) is 31.4 Å². The molecule has 0 saturated carbocycles. The Morgan fingerprint density at radius 3 is 2.38 bits per heavy atom. The number of carboxylic acids is 1. The molecule has 21 heavy (non-hydrogen) atoms. The molecular weight excluding hydrogens is 290 g/mol. The highest BCUT2D eigenvalue weighted by molar-refractivity contribution is 5.73. The molecule has 1 rings (SSSR count). The van der Waals surface area contributed by atoms with E-state index >= 15 is 0 Å². The van der Waals surface area contributed by atoms with Crippen LogP contribution in [0.5, 0.6) is 0 Å². The Morgan fingerprint density at radius 2 is 1.90 bits per heavy atom. The zero-order valence-corrected chi connectivity index (χ0v) is 11.7. The number of hydrogen-bond donors (Lipinski definition) is 2. The van der Waals surface area contributed by atoms with Gasteiger partial charge in [0.05, 0.1) is 5.56 Å². The fraction of sp³-hybridized carbons (Fsp3) is 0.500. The lowest BCUT2D eigenvalue weighted by Crippen LogP contribution is -2.37. The van der Waals surface area contributed by atoms with Crippen molar-refractivity contribution in [2.75, 3.05) is 0 Å². The van der Waals surface area contributed by atoms with Crippen LogP contribution in [0.4, 0.5) is 17.6 Å². The third kappa shape index (κ3) is 5.71. The molecular formula is C14H17F4NO2. The summed E-state index contributed by atoms with van der Waals surface area (Å²) in [5.74, 6) is -1.98. The maximum absolute atomic E-state index is 13.2. The Kier molecular flexibility index (Phi) is 5.71. The lowest BCUT2D eigenvalue weighted by Gasteiger charge is -2.17. The van der Waals surface area contributed by atoms with Gasteiger partial charge in [-0.1, -0.05) is 13.8 Å². The number of carboxylic acid groups (broad SMARTS) is 1. The molecule has 0 bridgehead atoms. The molecule has 3 nitrogen and oxygen atoms in total. The lowest BCUT2D eigenvalue weighted by molar-refractivity contribution is -0.140. The quantitative estimate of drug-likeness (QED) is 0.792. The first-order valence-corrected chi connectivity index (χ1v) is 6.42. The van der Waals surface area contributed by atoms with E-state index in [2.05, 4.69) is 5.32 Å². The van der Waals surface area contributed by atoms with E-state index < -0.39 is 29.6 Å². The summed E-state index contributed by atoms with van der Waals surface area (Å²) in [4.78, 5) is 11.0. The van der Waals surface area contributed by atoms with Crippen LogP contribution in [0.2, 0.25) is 0 Å². The summed E-state index contributed by atoms with van der Waals surface area (Å²) in [6.07, 6.45) is -4.31. The molecule has 1 atom stereocenters. The van der Waals surface area contributed by atoms with Crippen molar-refractivity contribution in [2.24, 2.45) is 5.92 Å². The summed E-state index contributed by atoms with van der Waals surface area (Å²) in [5.41, 5.74) is -1.03. The number of nitrogens with one attached hydrogen (secondary N) is 1. The summed E-state index contributed by atoms with van der Waals surface area (Å²) < 4.78 is 50.9. The van der Waals surface area contributed by atoms with Crippen LogP contribution in [0.3, 0.4) is 0 Å². The Morgan fingerprint density at radius 1 is 1.29 bits per heavy atom. The predicted octanol–water partition coefficient (Wildman–Crippen LogP) is 3.43. The third-order valence-electron chi connectivity index (χ3n) is 2.84. The van der Waals surface area contributed by atoms with Gasteiger partial charge in [0.2, 0.25) is 0 Å². The number of alkyl halides is 3. The first-order chi connectivity index (χ1) is 9.59. The minimum atomic E-state index is -4.64. The Balaban J connectivity index is 2.83. The van der Waals surface area contributed by atoms with Crippen LogP contribution < -0.4 is 5.32 Å². The first kappa shape index (κ1) is 17.4. The minimum absolute atomic E-state index is 0.0531. The molecule has 0 fully saturated rings. The number of aliphatic carboxylic acids is 1. The number of hydrogen-bond acceptors (Lipinski definition) is 2. The smallest absolute Gasteiger partial charge is 0.416 e. The van der Waals surface area contributed by atoms with Crippen LogP contribution in [0.15, 0.2) is 18.2 Å². The largest absolute Gasteiger partial charge is 0.480 e. The van der Waals surface area contributed by atoms with Crippen molar-refractivity contribution in [1.82, 2.24) is 5.32 Å². The molecule has 1 aromatic carbocycles. The van der Waals surface area contributed by atoms with E-state index in [1.54, 1.807) is 0 Å². The van der Waals surface area contributed by atoms with Gasteiger partial charge in [0.15, 0.2) is 0 Å². The van der Waals surface area contributed by atoms with Gasteiger partial charge in [0, 0.05) is 6.54 Å². The van der Waals surface area contributed by atoms with Crippen molar-refractivity contribution in [3.05, 3.63) is 35.1 Å². The van der Waals surface area contributed by atoms with Crippen LogP contribution in [-0.2, 0) is 17.5 Å². The lowest BCUT2D eigenvalue weighted by atomic mass is 10.0. The average Bonchev–Trinajstić information content (AvgIpc) is 2.32. The van der Waals surface area contributed by atoms with Gasteiger partial charge >= 0.3 is 12.1 Å². The molecule has 0 amide bonds. The molecule has 2 N–H and O–H groups in total. The maximum Gasteiger partial charge on any atom is 0.416 e. The van der Waals surface area contributed by atoms with Gasteiger partial charge in [0.1, 0.15) is 11.9 Å². The van der Waals surface area contributed by atoms with Gasteiger partial charge in [-0.15, -0.1) is 0 Å².